The van der Waals surface area contributed by atoms with Crippen LogP contribution in [0.2, 0.25) is 0 Å². The van der Waals surface area contributed by atoms with Gasteiger partial charge in [-0.15, -0.1) is 0 Å². The van der Waals surface area contributed by atoms with Gasteiger partial charge in [0.25, 0.3) is 0 Å². The maximum atomic E-state index is 13.1. The van der Waals surface area contributed by atoms with Gasteiger partial charge in [0.15, 0.2) is 12.2 Å². The van der Waals surface area contributed by atoms with Crippen LogP contribution in [-0.2, 0) is 65.4 Å². The molecule has 0 saturated carbocycles. The number of rotatable bonds is 78. The van der Waals surface area contributed by atoms with Crippen LogP contribution in [0, 0.1) is 11.8 Å². The Kier molecular flexibility index (Phi) is 70.3. The van der Waals surface area contributed by atoms with Gasteiger partial charge in [-0.3, -0.25) is 37.3 Å². The Bertz CT molecular complexity index is 2020. The van der Waals surface area contributed by atoms with Crippen LogP contribution >= 0.6 is 15.6 Å². The molecule has 0 aliphatic rings. The normalized spacial score (nSPS) is 14.6. The third kappa shape index (κ3) is 71.2. The van der Waals surface area contributed by atoms with Crippen LogP contribution in [-0.4, -0.2) is 96.7 Å². The van der Waals surface area contributed by atoms with E-state index in [9.17, 15) is 43.2 Å². The summed E-state index contributed by atoms with van der Waals surface area (Å²) in [6.45, 7) is 9.65. The van der Waals surface area contributed by atoms with Crippen molar-refractivity contribution < 1.29 is 80.2 Å². The molecule has 0 spiro atoms. The van der Waals surface area contributed by atoms with Gasteiger partial charge in [0, 0.05) is 25.7 Å². The summed E-state index contributed by atoms with van der Waals surface area (Å²) in [6, 6.07) is 0. The van der Waals surface area contributed by atoms with Crippen LogP contribution in [0.25, 0.3) is 0 Å². The lowest BCUT2D eigenvalue weighted by molar-refractivity contribution is -0.161. The fourth-order valence-electron chi connectivity index (χ4n) is 11.9. The minimum Gasteiger partial charge on any atom is -0.462 e. The molecule has 0 aliphatic heterocycles. The summed E-state index contributed by atoms with van der Waals surface area (Å²) in [7, 11) is -9.93. The van der Waals surface area contributed by atoms with E-state index in [1.54, 1.807) is 0 Å². The highest BCUT2D eigenvalue weighted by molar-refractivity contribution is 7.47. The van der Waals surface area contributed by atoms with Gasteiger partial charge in [0.2, 0.25) is 0 Å². The molecule has 0 radical (unpaired) electrons. The van der Waals surface area contributed by atoms with E-state index in [0.29, 0.717) is 25.7 Å². The first-order valence-electron chi connectivity index (χ1n) is 41.4. The minimum atomic E-state index is -4.97. The number of allylic oxidation sites excluding steroid dienone is 4. The number of aliphatic hydroxyl groups is 1. The quantitative estimate of drug-likeness (QED) is 0.0169. The number of carbonyl (C=O) groups is 4. The van der Waals surface area contributed by atoms with Crippen molar-refractivity contribution in [1.29, 1.82) is 0 Å². The molecule has 0 aliphatic carbocycles. The van der Waals surface area contributed by atoms with Crippen molar-refractivity contribution in [2.45, 2.75) is 419 Å². The molecule has 0 amide bonds. The molecule has 0 aromatic rings. The van der Waals surface area contributed by atoms with Crippen LogP contribution in [0.15, 0.2) is 24.3 Å². The summed E-state index contributed by atoms with van der Waals surface area (Å²) >= 11 is 0. The second-order valence-electron chi connectivity index (χ2n) is 29.0. The molecule has 0 rings (SSSR count). The highest BCUT2D eigenvalue weighted by Gasteiger charge is 2.30. The highest BCUT2D eigenvalue weighted by Crippen LogP contribution is 2.45. The first kappa shape index (κ1) is 97.5. The molecule has 0 fully saturated rings. The number of carbonyl (C=O) groups excluding carboxylic acids is 4. The van der Waals surface area contributed by atoms with Crippen molar-refractivity contribution in [3.63, 3.8) is 0 Å². The number of esters is 4. The lowest BCUT2D eigenvalue weighted by Crippen LogP contribution is -2.30. The van der Waals surface area contributed by atoms with E-state index in [0.717, 1.165) is 121 Å². The average molecular weight is 1460 g/mol. The van der Waals surface area contributed by atoms with Crippen molar-refractivity contribution in [2.75, 3.05) is 39.6 Å². The zero-order valence-electron chi connectivity index (χ0n) is 65.0. The summed E-state index contributed by atoms with van der Waals surface area (Å²) < 4.78 is 68.7. The number of hydrogen-bond donors (Lipinski definition) is 3. The largest absolute Gasteiger partial charge is 0.472 e. The number of ether oxygens (including phenoxy) is 4. The van der Waals surface area contributed by atoms with Crippen molar-refractivity contribution in [1.82, 2.24) is 0 Å². The summed E-state index contributed by atoms with van der Waals surface area (Å²) in [6.07, 6.45) is 64.3. The monoisotopic (exact) mass is 1460 g/mol. The molecule has 17 nitrogen and oxygen atoms in total. The summed E-state index contributed by atoms with van der Waals surface area (Å²) in [5.74, 6) is -0.492. The van der Waals surface area contributed by atoms with Crippen molar-refractivity contribution in [3.8, 4) is 0 Å². The van der Waals surface area contributed by atoms with Crippen LogP contribution in [0.1, 0.15) is 401 Å². The Hall–Kier alpha value is -2.46. The second kappa shape index (κ2) is 72.1. The molecule has 0 aromatic heterocycles. The predicted octanol–water partition coefficient (Wildman–Crippen LogP) is 23.8. The molecule has 590 valence electrons. The maximum absolute atomic E-state index is 13.1. The zero-order chi connectivity index (χ0) is 73.5. The third-order valence-corrected chi connectivity index (χ3v) is 21.0. The fraction of sp³-hybridized carbons (Fsp3) is 0.901. The van der Waals surface area contributed by atoms with Crippen LogP contribution in [0.5, 0.6) is 0 Å². The van der Waals surface area contributed by atoms with E-state index in [1.807, 2.05) is 0 Å². The molecular formula is C81H154O17P2. The number of unbranched alkanes of at least 4 members (excludes halogenated alkanes) is 43. The van der Waals surface area contributed by atoms with Gasteiger partial charge in [-0.2, -0.15) is 0 Å². The maximum Gasteiger partial charge on any atom is 0.472 e. The Morgan fingerprint density at radius 2 is 0.560 bits per heavy atom. The van der Waals surface area contributed by atoms with Gasteiger partial charge in [-0.1, -0.05) is 348 Å². The molecule has 19 heteroatoms. The van der Waals surface area contributed by atoms with Gasteiger partial charge in [0.05, 0.1) is 26.4 Å². The van der Waals surface area contributed by atoms with E-state index >= 15 is 0 Å². The highest BCUT2D eigenvalue weighted by atomic mass is 31.2. The van der Waals surface area contributed by atoms with Crippen LogP contribution < -0.4 is 0 Å². The number of hydrogen-bond acceptors (Lipinski definition) is 15. The molecule has 7 atom stereocenters. The summed E-state index contributed by atoms with van der Waals surface area (Å²) in [5, 5.41) is 10.6. The third-order valence-electron chi connectivity index (χ3n) is 19.1. The minimum absolute atomic E-state index is 0.101. The molecular weight excluding hydrogens is 1310 g/mol. The average Bonchev–Trinajstić information content (AvgIpc) is 0.969. The molecule has 0 aromatic carbocycles. The van der Waals surface area contributed by atoms with Crippen molar-refractivity contribution >= 4 is 39.5 Å². The first-order chi connectivity index (χ1) is 48.4. The van der Waals surface area contributed by atoms with Crippen LogP contribution in [0.3, 0.4) is 0 Å². The molecule has 3 N–H and O–H groups in total. The van der Waals surface area contributed by atoms with Crippen molar-refractivity contribution in [2.24, 2.45) is 11.8 Å². The summed E-state index contributed by atoms with van der Waals surface area (Å²) in [4.78, 5) is 73.0. The fourth-order valence-corrected chi connectivity index (χ4v) is 13.5. The molecule has 0 heterocycles. The second-order valence-corrected chi connectivity index (χ2v) is 31.9. The summed E-state index contributed by atoms with van der Waals surface area (Å²) in [5.41, 5.74) is 0. The van der Waals surface area contributed by atoms with Gasteiger partial charge in [-0.05, 0) is 63.2 Å². The van der Waals surface area contributed by atoms with Crippen molar-refractivity contribution in [3.05, 3.63) is 24.3 Å². The Labute approximate surface area is 612 Å². The van der Waals surface area contributed by atoms with E-state index in [2.05, 4.69) is 65.8 Å². The zero-order valence-corrected chi connectivity index (χ0v) is 66.8. The number of aliphatic hydroxyl groups excluding tert-OH is 1. The number of phosphoric ester groups is 2. The van der Waals surface area contributed by atoms with Gasteiger partial charge in [-0.25, -0.2) is 9.13 Å². The van der Waals surface area contributed by atoms with Gasteiger partial charge in [0.1, 0.15) is 19.3 Å². The van der Waals surface area contributed by atoms with E-state index in [1.165, 1.54) is 199 Å². The lowest BCUT2D eigenvalue weighted by atomic mass is 9.99. The standard InChI is InChI=1S/C81H154O17P2/c1-7-11-13-15-17-19-21-23-24-29-33-40-46-52-58-64-79(84)92-69-76(97-80(85)65-59-53-47-41-34-30-26-25-28-31-37-43-49-55-61-73(5)9-3)71-95-99(87,88)93-67-75(82)68-94-100(89,90)96-72-77(70-91-78(83)63-57-51-45-39-32-27-22-20-18-16-14-12-8-2)98-81(86)66-60-54-48-42-36-35-38-44-50-56-62-74(6)10-4/h19,21,23-24,73-77,82H,7-18,20,22,25-72H2,1-6H3,(H,87,88)(H,89,90)/b21-19-,24-23-/t73?,74?,75-,76-,77-/m1/s1. The van der Waals surface area contributed by atoms with E-state index < -0.39 is 97.5 Å². The Morgan fingerprint density at radius 1 is 0.320 bits per heavy atom. The molecule has 100 heavy (non-hydrogen) atoms. The lowest BCUT2D eigenvalue weighted by Gasteiger charge is -2.21. The first-order valence-corrected chi connectivity index (χ1v) is 44.4. The van der Waals surface area contributed by atoms with E-state index in [-0.39, 0.29) is 25.7 Å². The Balaban J connectivity index is 5.31. The Morgan fingerprint density at radius 3 is 0.850 bits per heavy atom. The SMILES string of the molecule is CCCCCC/C=C\C=C/CCCCCCCC(=O)OC[C@H](COP(=O)(O)OC[C@@H](O)COP(=O)(O)OC[C@@H](COC(=O)CCCCCCCCCCCCCCC)OC(=O)CCCCCCCCCCCCC(C)CC)OC(=O)CCCCCCCCCCCCCCCCC(C)CC. The predicted molar refractivity (Wildman–Crippen MR) is 409 cm³/mol. The van der Waals surface area contributed by atoms with Gasteiger partial charge < -0.3 is 33.8 Å². The molecule has 0 saturated heterocycles. The molecule has 4 unspecified atom stereocenters. The van der Waals surface area contributed by atoms with Crippen LogP contribution in [0.4, 0.5) is 0 Å². The topological polar surface area (TPSA) is 237 Å². The smallest absolute Gasteiger partial charge is 0.462 e. The number of phosphoric acid groups is 2. The van der Waals surface area contributed by atoms with Gasteiger partial charge >= 0.3 is 39.5 Å². The molecule has 0 bridgehead atoms. The van der Waals surface area contributed by atoms with E-state index in [4.69, 9.17) is 37.0 Å².